The van der Waals surface area contributed by atoms with Crippen molar-refractivity contribution >= 4 is 40.0 Å². The van der Waals surface area contributed by atoms with Crippen LogP contribution in [0.25, 0.3) is 11.3 Å². The lowest BCUT2D eigenvalue weighted by Gasteiger charge is -2.24. The van der Waals surface area contributed by atoms with Gasteiger partial charge in [0.05, 0.1) is 19.9 Å². The third-order valence-corrected chi connectivity index (χ3v) is 6.46. The molecule has 7 nitrogen and oxygen atoms in total. The van der Waals surface area contributed by atoms with Gasteiger partial charge in [0.2, 0.25) is 0 Å². The first kappa shape index (κ1) is 24.0. The maximum absolute atomic E-state index is 10.1. The molecule has 0 radical (unpaired) electrons. The Morgan fingerprint density at radius 1 is 1.25 bits per heavy atom. The van der Waals surface area contributed by atoms with Crippen LogP contribution in [0.5, 0.6) is 11.5 Å². The summed E-state index contributed by atoms with van der Waals surface area (Å²) in [6.45, 7) is 5.30. The maximum atomic E-state index is 10.1. The number of methoxy groups -OCH3 is 2. The summed E-state index contributed by atoms with van der Waals surface area (Å²) in [7, 11) is 3.29. The van der Waals surface area contributed by atoms with Gasteiger partial charge in [-0.05, 0) is 31.0 Å². The van der Waals surface area contributed by atoms with Gasteiger partial charge in [0.25, 0.3) is 0 Å². The van der Waals surface area contributed by atoms with E-state index in [9.17, 15) is 5.26 Å². The molecule has 0 saturated carbocycles. The zero-order valence-corrected chi connectivity index (χ0v) is 20.7. The fourth-order valence-corrected chi connectivity index (χ4v) is 4.97. The molecule has 2 aliphatic heterocycles. The normalized spacial score (nSPS) is 16.8. The Balaban J connectivity index is 0.00000289. The van der Waals surface area contributed by atoms with Crippen LogP contribution in [0, 0.1) is 11.3 Å². The van der Waals surface area contributed by atoms with E-state index in [0.717, 1.165) is 59.4 Å². The van der Waals surface area contributed by atoms with E-state index >= 15 is 0 Å². The smallest absolute Gasteiger partial charge is 0.177 e. The number of fused-ring (bicyclic) bond motifs is 1. The molecule has 0 bridgehead atoms. The number of aryl methyl sites for hydroxylation is 1. The molecular formula is C23H26BrN5O2S. The number of thioether (sulfide) groups is 1. The summed E-state index contributed by atoms with van der Waals surface area (Å²) in [6.07, 6.45) is 6.07. The Kier molecular flexibility index (Phi) is 8.04. The van der Waals surface area contributed by atoms with E-state index < -0.39 is 0 Å². The summed E-state index contributed by atoms with van der Waals surface area (Å²) in [5, 5.41) is 21.8. The summed E-state index contributed by atoms with van der Waals surface area (Å²) in [5.74, 6) is 3.07. The molecule has 2 aliphatic rings. The highest BCUT2D eigenvalue weighted by Gasteiger charge is 2.30. The van der Waals surface area contributed by atoms with Crippen molar-refractivity contribution in [3.8, 4) is 17.6 Å². The predicted molar refractivity (Wildman–Crippen MR) is 132 cm³/mol. The molecular weight excluding hydrogens is 490 g/mol. The molecule has 0 N–H and O–H groups in total. The second kappa shape index (κ2) is 10.7. The number of benzene rings is 1. The molecule has 1 aromatic carbocycles. The molecule has 0 fully saturated rings. The molecule has 0 spiro atoms. The molecule has 0 atom stereocenters. The first-order valence-corrected chi connectivity index (χ1v) is 11.1. The quantitative estimate of drug-likeness (QED) is 0.394. The monoisotopic (exact) mass is 515 g/mol. The van der Waals surface area contributed by atoms with E-state index in [-0.39, 0.29) is 17.0 Å². The SMILES string of the molecule is Br.C=CCN1C(c2cc(OC)ccc2OC)=CS/C1=C(/C#N)c1nnc2n1CCCCC2. The lowest BCUT2D eigenvalue weighted by Crippen LogP contribution is -2.19. The average Bonchev–Trinajstić information content (AvgIpc) is 3.31. The van der Waals surface area contributed by atoms with Crippen molar-refractivity contribution in [2.45, 2.75) is 32.2 Å². The first-order valence-electron chi connectivity index (χ1n) is 10.3. The Morgan fingerprint density at radius 3 is 2.81 bits per heavy atom. The maximum Gasteiger partial charge on any atom is 0.177 e. The summed E-state index contributed by atoms with van der Waals surface area (Å²) in [4.78, 5) is 2.08. The van der Waals surface area contributed by atoms with E-state index in [4.69, 9.17) is 9.47 Å². The fraction of sp³-hybridized carbons (Fsp3) is 0.348. The number of rotatable bonds is 6. The molecule has 0 amide bonds. The number of hydrogen-bond donors (Lipinski definition) is 0. The van der Waals surface area contributed by atoms with Gasteiger partial charge >= 0.3 is 0 Å². The van der Waals surface area contributed by atoms with E-state index in [2.05, 4.69) is 32.3 Å². The second-order valence-corrected chi connectivity index (χ2v) is 8.14. The number of nitriles is 1. The van der Waals surface area contributed by atoms with Gasteiger partial charge in [-0.25, -0.2) is 0 Å². The zero-order chi connectivity index (χ0) is 21.8. The van der Waals surface area contributed by atoms with Crippen molar-refractivity contribution in [2.75, 3.05) is 20.8 Å². The molecule has 168 valence electrons. The van der Waals surface area contributed by atoms with Crippen LogP contribution >= 0.6 is 28.7 Å². The molecule has 9 heteroatoms. The van der Waals surface area contributed by atoms with Crippen molar-refractivity contribution in [1.29, 1.82) is 5.26 Å². The minimum absolute atomic E-state index is 0. The van der Waals surface area contributed by atoms with Gasteiger partial charge < -0.3 is 18.9 Å². The van der Waals surface area contributed by atoms with Gasteiger partial charge in [0, 0.05) is 30.5 Å². The topological polar surface area (TPSA) is 76.2 Å². The number of hydrogen-bond acceptors (Lipinski definition) is 7. The molecule has 32 heavy (non-hydrogen) atoms. The highest BCUT2D eigenvalue weighted by molar-refractivity contribution is 8.93. The third kappa shape index (κ3) is 4.43. The Hall–Kier alpha value is -2.70. The van der Waals surface area contributed by atoms with Crippen molar-refractivity contribution in [1.82, 2.24) is 19.7 Å². The van der Waals surface area contributed by atoms with Crippen molar-refractivity contribution in [2.24, 2.45) is 0 Å². The third-order valence-electron chi connectivity index (χ3n) is 5.47. The highest BCUT2D eigenvalue weighted by Crippen LogP contribution is 2.45. The zero-order valence-electron chi connectivity index (χ0n) is 18.2. The predicted octanol–water partition coefficient (Wildman–Crippen LogP) is 5.03. The molecule has 0 aliphatic carbocycles. The summed E-state index contributed by atoms with van der Waals surface area (Å²) in [5.41, 5.74) is 2.35. The van der Waals surface area contributed by atoms with Crippen LogP contribution in [0.15, 0.2) is 41.3 Å². The summed E-state index contributed by atoms with van der Waals surface area (Å²) in [6, 6.07) is 8.10. The van der Waals surface area contributed by atoms with Crippen LogP contribution in [0.1, 0.15) is 36.5 Å². The summed E-state index contributed by atoms with van der Waals surface area (Å²) >= 11 is 1.51. The number of halogens is 1. The van der Waals surface area contributed by atoms with Gasteiger partial charge in [0.1, 0.15) is 34.0 Å². The van der Waals surface area contributed by atoms with Crippen molar-refractivity contribution in [3.05, 3.63) is 58.5 Å². The standard InChI is InChI=1S/C23H25N5O2S.BrH/c1-4-11-27-19(17-13-16(29-2)9-10-20(17)30-3)15-31-23(27)18(14-24)22-26-25-21-8-6-5-7-12-28(21)22;/h4,9-10,13,15H,1,5-8,11-12H2,2-3H3;1H/b23-18-;. The molecule has 0 saturated heterocycles. The summed E-state index contributed by atoms with van der Waals surface area (Å²) < 4.78 is 13.1. The molecule has 3 heterocycles. The lowest BCUT2D eigenvalue weighted by molar-refractivity contribution is 0.400. The Bertz CT molecular complexity index is 1100. The fourth-order valence-electron chi connectivity index (χ4n) is 3.94. The first-order chi connectivity index (χ1) is 15.2. The molecule has 1 aromatic heterocycles. The van der Waals surface area contributed by atoms with Crippen molar-refractivity contribution < 1.29 is 9.47 Å². The van der Waals surface area contributed by atoms with Gasteiger partial charge in [-0.3, -0.25) is 0 Å². The van der Waals surface area contributed by atoms with E-state index in [0.29, 0.717) is 17.9 Å². The number of ether oxygens (including phenoxy) is 2. The largest absolute Gasteiger partial charge is 0.497 e. The van der Waals surface area contributed by atoms with Crippen LogP contribution in [-0.2, 0) is 13.0 Å². The van der Waals surface area contributed by atoms with Crippen LogP contribution in [0.2, 0.25) is 0 Å². The molecule has 2 aromatic rings. The van der Waals surface area contributed by atoms with E-state index in [1.165, 1.54) is 18.2 Å². The molecule has 4 rings (SSSR count). The van der Waals surface area contributed by atoms with Gasteiger partial charge in [-0.2, -0.15) is 5.26 Å². The van der Waals surface area contributed by atoms with Crippen molar-refractivity contribution in [3.63, 3.8) is 0 Å². The average molecular weight is 516 g/mol. The highest BCUT2D eigenvalue weighted by atomic mass is 79.9. The van der Waals surface area contributed by atoms with Crippen LogP contribution in [0.4, 0.5) is 0 Å². The Labute approximate surface area is 203 Å². The van der Waals surface area contributed by atoms with Gasteiger partial charge in [-0.1, -0.05) is 24.3 Å². The lowest BCUT2D eigenvalue weighted by atomic mass is 10.1. The number of nitrogens with zero attached hydrogens (tertiary/aromatic N) is 5. The van der Waals surface area contributed by atoms with E-state index in [1.807, 2.05) is 29.7 Å². The minimum Gasteiger partial charge on any atom is -0.497 e. The molecule has 0 unspecified atom stereocenters. The minimum atomic E-state index is 0. The number of aromatic nitrogens is 3. The Morgan fingerprint density at radius 2 is 2.09 bits per heavy atom. The van der Waals surface area contributed by atoms with E-state index in [1.54, 1.807) is 14.2 Å². The number of allylic oxidation sites excluding steroid dienone is 1. The second-order valence-electron chi connectivity index (χ2n) is 7.28. The van der Waals surface area contributed by atoms with Crippen LogP contribution in [0.3, 0.4) is 0 Å². The van der Waals surface area contributed by atoms with Crippen LogP contribution < -0.4 is 9.47 Å². The van der Waals surface area contributed by atoms with Gasteiger partial charge in [0.15, 0.2) is 5.82 Å². The van der Waals surface area contributed by atoms with Crippen LogP contribution in [-0.4, -0.2) is 40.4 Å². The van der Waals surface area contributed by atoms with Gasteiger partial charge in [-0.15, -0.1) is 33.8 Å².